The van der Waals surface area contributed by atoms with Crippen molar-refractivity contribution in [2.45, 2.75) is 102 Å². The fourth-order valence-corrected chi connectivity index (χ4v) is 4.70. The quantitative estimate of drug-likeness (QED) is 0.220. The monoisotopic (exact) mass is 545 g/mol. The van der Waals surface area contributed by atoms with Gasteiger partial charge in [-0.3, -0.25) is 0 Å². The van der Waals surface area contributed by atoms with Crippen LogP contribution >= 0.6 is 0 Å². The van der Waals surface area contributed by atoms with Crippen molar-refractivity contribution in [3.05, 3.63) is 18.7 Å². The van der Waals surface area contributed by atoms with E-state index >= 15 is 0 Å². The summed E-state index contributed by atoms with van der Waals surface area (Å²) < 4.78 is 110. The summed E-state index contributed by atoms with van der Waals surface area (Å²) in [5.74, 6) is 0. The van der Waals surface area contributed by atoms with E-state index in [1.807, 2.05) is 12.5 Å². The lowest BCUT2D eigenvalue weighted by Gasteiger charge is -2.11. The molecule has 0 aliphatic rings. The molecule has 0 saturated heterocycles. The van der Waals surface area contributed by atoms with Crippen LogP contribution in [0.1, 0.15) is 84.0 Å². The number of aromatic nitrogens is 2. The highest BCUT2D eigenvalue weighted by Gasteiger charge is 2.55. The number of nitrogens with zero attached hydrogens (tertiary/aromatic N) is 2. The topological polar surface area (TPSA) is 98.1 Å². The molecule has 1 N–H and O–H groups in total. The molecule has 0 fully saturated rings. The molecule has 1 heterocycles. The van der Waals surface area contributed by atoms with E-state index in [9.17, 15) is 43.2 Å². The van der Waals surface area contributed by atoms with E-state index < -0.39 is 35.2 Å². The lowest BCUT2D eigenvalue weighted by atomic mass is 10.1. The molecule has 0 aromatic carbocycles. The summed E-state index contributed by atoms with van der Waals surface area (Å²) in [6.45, 7) is 3.42. The molecule has 0 saturated carbocycles. The zero-order valence-electron chi connectivity index (χ0n) is 19.0. The van der Waals surface area contributed by atoms with Crippen molar-refractivity contribution in [1.29, 1.82) is 0 Å². The Bertz CT molecular complexity index is 814. The summed E-state index contributed by atoms with van der Waals surface area (Å²) >= 11 is 0. The van der Waals surface area contributed by atoms with Crippen molar-refractivity contribution in [2.24, 2.45) is 0 Å². The maximum Gasteiger partial charge on any atom is 0.512 e. The Balaban J connectivity index is 0.000000661. The van der Waals surface area contributed by atoms with Gasteiger partial charge in [0.1, 0.15) is 0 Å². The first-order chi connectivity index (χ1) is 15.6. The van der Waals surface area contributed by atoms with Gasteiger partial charge in [0.15, 0.2) is 0 Å². The minimum Gasteiger partial charge on any atom is -0.337 e. The third-order valence-electron chi connectivity index (χ3n) is 4.66. The summed E-state index contributed by atoms with van der Waals surface area (Å²) in [5, 5.41) is 0. The van der Waals surface area contributed by atoms with Crippen LogP contribution in [0, 0.1) is 0 Å². The van der Waals surface area contributed by atoms with E-state index in [4.69, 9.17) is 0 Å². The highest BCUT2D eigenvalue weighted by Crippen LogP contribution is 2.27. The molecule has 0 bridgehead atoms. The van der Waals surface area contributed by atoms with Gasteiger partial charge in [0.2, 0.25) is 0 Å². The maximum atomic E-state index is 11.5. The average molecular weight is 546 g/mol. The molecule has 202 valence electrons. The standard InChI is InChI=1S/C17H32N2.C2HF6NO4S2/c1-2-3-4-5-6-7-8-9-10-11-12-13-15-19-16-14-18-17-19;3-1(4,5)14(10,11)9-15(12,13)2(6,7)8/h14,16-17H,2-13,15H2,1H3;9H. The number of rotatable bonds is 15. The summed E-state index contributed by atoms with van der Waals surface area (Å²) in [5.41, 5.74) is -12.3. The third-order valence-corrected chi connectivity index (χ3v) is 7.63. The molecule has 15 heteroatoms. The van der Waals surface area contributed by atoms with E-state index in [2.05, 4.69) is 22.7 Å². The lowest BCUT2D eigenvalue weighted by molar-refractivity contribution is -0.0476. The van der Waals surface area contributed by atoms with Gasteiger partial charge >= 0.3 is 31.1 Å². The Labute approximate surface area is 197 Å². The SMILES string of the molecule is CCCCCCCCCCCCCCn1ccnc1.O=S(=O)(NS(=O)(=O)C(F)(F)F)C(F)(F)F. The zero-order chi connectivity index (χ0) is 26.3. The molecular formula is C19H33F6N3O4S2. The molecule has 1 rings (SSSR count). The molecule has 0 aliphatic heterocycles. The minimum atomic E-state index is -6.60. The predicted molar refractivity (Wildman–Crippen MR) is 116 cm³/mol. The molecule has 0 aliphatic carbocycles. The number of sulfonamides is 2. The molecule has 0 amide bonds. The van der Waals surface area contributed by atoms with Crippen molar-refractivity contribution in [3.8, 4) is 0 Å². The maximum absolute atomic E-state index is 11.5. The number of hydrogen-bond acceptors (Lipinski definition) is 5. The fraction of sp³-hybridized carbons (Fsp3) is 0.842. The molecule has 34 heavy (non-hydrogen) atoms. The van der Waals surface area contributed by atoms with E-state index in [0.717, 1.165) is 6.54 Å². The summed E-state index contributed by atoms with van der Waals surface area (Å²) in [6, 6.07) is 0. The lowest BCUT2D eigenvalue weighted by Crippen LogP contribution is -2.45. The van der Waals surface area contributed by atoms with Crippen LogP contribution in [-0.2, 0) is 26.6 Å². The van der Waals surface area contributed by atoms with Crippen molar-refractivity contribution >= 4 is 20.0 Å². The van der Waals surface area contributed by atoms with Crippen molar-refractivity contribution < 1.29 is 43.2 Å². The average Bonchev–Trinajstić information content (AvgIpc) is 3.20. The van der Waals surface area contributed by atoms with Crippen LogP contribution in [-0.4, -0.2) is 37.4 Å². The van der Waals surface area contributed by atoms with Crippen molar-refractivity contribution in [2.75, 3.05) is 0 Å². The van der Waals surface area contributed by atoms with E-state index in [0.29, 0.717) is 0 Å². The Morgan fingerprint density at radius 1 is 0.706 bits per heavy atom. The van der Waals surface area contributed by atoms with Crippen LogP contribution in [0.15, 0.2) is 18.7 Å². The molecule has 0 spiro atoms. The smallest absolute Gasteiger partial charge is 0.337 e. The Hall–Kier alpha value is -1.35. The number of imidazole rings is 1. The molecule has 7 nitrogen and oxygen atoms in total. The molecular weight excluding hydrogens is 512 g/mol. The normalized spacial score (nSPS) is 12.9. The number of unbranched alkanes of at least 4 members (excludes halogenated alkanes) is 11. The van der Waals surface area contributed by atoms with Gasteiger partial charge in [-0.15, -0.1) is 0 Å². The van der Waals surface area contributed by atoms with Crippen LogP contribution in [0.3, 0.4) is 0 Å². The second-order valence-electron chi connectivity index (χ2n) is 7.67. The zero-order valence-corrected chi connectivity index (χ0v) is 20.7. The van der Waals surface area contributed by atoms with Gasteiger partial charge in [0.05, 0.1) is 6.33 Å². The van der Waals surface area contributed by atoms with E-state index in [-0.39, 0.29) is 0 Å². The van der Waals surface area contributed by atoms with Gasteiger partial charge in [-0.05, 0) is 6.42 Å². The number of halogens is 6. The number of aryl methyl sites for hydroxylation is 1. The fourth-order valence-electron chi connectivity index (χ4n) is 2.79. The summed E-state index contributed by atoms with van der Waals surface area (Å²) in [7, 11) is -13.2. The first kappa shape index (κ1) is 32.7. The molecule has 0 unspecified atom stereocenters. The third kappa shape index (κ3) is 14.1. The van der Waals surface area contributed by atoms with Crippen LogP contribution in [0.25, 0.3) is 0 Å². The van der Waals surface area contributed by atoms with E-state index in [1.54, 1.807) is 0 Å². The predicted octanol–water partition coefficient (Wildman–Crippen LogP) is 5.86. The van der Waals surface area contributed by atoms with Crippen LogP contribution in [0.5, 0.6) is 0 Å². The van der Waals surface area contributed by atoms with Crippen molar-refractivity contribution in [3.63, 3.8) is 0 Å². The molecule has 1 aromatic rings. The van der Waals surface area contributed by atoms with Gasteiger partial charge in [0, 0.05) is 18.9 Å². The Morgan fingerprint density at radius 2 is 1.09 bits per heavy atom. The first-order valence-corrected chi connectivity index (χ1v) is 14.0. The van der Waals surface area contributed by atoms with Crippen LogP contribution < -0.4 is 4.13 Å². The van der Waals surface area contributed by atoms with Crippen LogP contribution in [0.4, 0.5) is 26.3 Å². The van der Waals surface area contributed by atoms with Gasteiger partial charge < -0.3 is 4.57 Å². The van der Waals surface area contributed by atoms with E-state index in [1.165, 1.54) is 77.0 Å². The molecule has 1 aromatic heterocycles. The summed E-state index contributed by atoms with van der Waals surface area (Å²) in [6.07, 6.45) is 22.8. The Morgan fingerprint density at radius 3 is 1.41 bits per heavy atom. The van der Waals surface area contributed by atoms with Gasteiger partial charge in [-0.2, -0.15) is 26.3 Å². The number of hydrogen-bond donors (Lipinski definition) is 1. The number of alkyl halides is 6. The molecule has 0 atom stereocenters. The highest BCUT2D eigenvalue weighted by molar-refractivity contribution is 8.05. The van der Waals surface area contributed by atoms with Gasteiger partial charge in [-0.25, -0.2) is 21.8 Å². The summed E-state index contributed by atoms with van der Waals surface area (Å²) in [4.78, 5) is 4.06. The van der Waals surface area contributed by atoms with Crippen LogP contribution in [0.2, 0.25) is 0 Å². The first-order valence-electron chi connectivity index (χ1n) is 11.0. The molecule has 0 radical (unpaired) electrons. The largest absolute Gasteiger partial charge is 0.512 e. The van der Waals surface area contributed by atoms with Gasteiger partial charge in [-0.1, -0.05) is 81.7 Å². The number of nitrogens with one attached hydrogen (secondary N) is 1. The Kier molecular flexibility index (Phi) is 15.0. The second-order valence-corrected chi connectivity index (χ2v) is 11.3. The van der Waals surface area contributed by atoms with Gasteiger partial charge in [0.25, 0.3) is 0 Å². The van der Waals surface area contributed by atoms with Crippen molar-refractivity contribution in [1.82, 2.24) is 13.7 Å². The highest BCUT2D eigenvalue weighted by atomic mass is 32.3. The minimum absolute atomic E-state index is 0.493. The second kappa shape index (κ2) is 15.6.